The van der Waals surface area contributed by atoms with E-state index in [-0.39, 0.29) is 16.6 Å². The normalized spacial score (nSPS) is 16.0. The minimum absolute atomic E-state index is 0.0810. The lowest BCUT2D eigenvalue weighted by Crippen LogP contribution is -2.17. The van der Waals surface area contributed by atoms with E-state index in [4.69, 9.17) is 4.84 Å². The van der Waals surface area contributed by atoms with Gasteiger partial charge < -0.3 is 9.82 Å². The summed E-state index contributed by atoms with van der Waals surface area (Å²) < 4.78 is 23.3. The third kappa shape index (κ3) is 4.22. The Labute approximate surface area is 152 Å². The first kappa shape index (κ1) is 18.4. The molecular weight excluding hydrogens is 352 g/mol. The Bertz CT molecular complexity index is 969. The summed E-state index contributed by atoms with van der Waals surface area (Å²) in [6, 6.07) is 9.91. The maximum absolute atomic E-state index is 12.0. The van der Waals surface area contributed by atoms with Crippen molar-refractivity contribution >= 4 is 15.5 Å². The predicted molar refractivity (Wildman–Crippen MR) is 100 cm³/mol. The van der Waals surface area contributed by atoms with Gasteiger partial charge in [-0.3, -0.25) is 4.79 Å². The van der Waals surface area contributed by atoms with Crippen molar-refractivity contribution in [2.75, 3.05) is 6.26 Å². The topological polar surface area (TPSA) is 88.6 Å². The Morgan fingerprint density at radius 2 is 1.77 bits per heavy atom. The molecule has 1 aliphatic carbocycles. The van der Waals surface area contributed by atoms with Gasteiger partial charge in [-0.1, -0.05) is 23.4 Å². The zero-order chi connectivity index (χ0) is 18.7. The van der Waals surface area contributed by atoms with E-state index in [2.05, 4.69) is 10.1 Å². The number of benzene rings is 1. The van der Waals surface area contributed by atoms with Gasteiger partial charge in [0, 0.05) is 17.4 Å². The third-order valence-corrected chi connectivity index (χ3v) is 5.64. The third-order valence-electron chi connectivity index (χ3n) is 4.51. The monoisotopic (exact) mass is 374 g/mol. The lowest BCUT2D eigenvalue weighted by molar-refractivity contribution is 0.0647. The Balaban J connectivity index is 2.00. The van der Waals surface area contributed by atoms with E-state index in [0.29, 0.717) is 22.5 Å². The average molecular weight is 374 g/mol. The molecule has 1 saturated carbocycles. The molecule has 0 atom stereocenters. The van der Waals surface area contributed by atoms with Crippen LogP contribution in [0.4, 0.5) is 0 Å². The molecule has 3 rings (SSSR count). The van der Waals surface area contributed by atoms with Crippen LogP contribution in [0.1, 0.15) is 42.5 Å². The fourth-order valence-corrected chi connectivity index (χ4v) is 3.55. The number of rotatable bonds is 5. The number of nitrogens with one attached hydrogen (secondary N) is 1. The number of pyridine rings is 1. The first-order chi connectivity index (χ1) is 12.3. The van der Waals surface area contributed by atoms with Gasteiger partial charge in [-0.15, -0.1) is 0 Å². The molecule has 1 aliphatic rings. The smallest absolute Gasteiger partial charge is 0.251 e. The van der Waals surface area contributed by atoms with Gasteiger partial charge in [0.1, 0.15) is 11.8 Å². The van der Waals surface area contributed by atoms with E-state index >= 15 is 0 Å². The molecule has 0 bridgehead atoms. The summed E-state index contributed by atoms with van der Waals surface area (Å²) >= 11 is 0. The molecule has 0 unspecified atom stereocenters. The molecule has 2 aromatic rings. The van der Waals surface area contributed by atoms with Crippen molar-refractivity contribution in [1.82, 2.24) is 4.98 Å². The van der Waals surface area contributed by atoms with Crippen LogP contribution in [0.15, 0.2) is 51.2 Å². The minimum atomic E-state index is -3.28. The van der Waals surface area contributed by atoms with Crippen molar-refractivity contribution in [3.8, 4) is 0 Å². The second kappa shape index (κ2) is 7.45. The summed E-state index contributed by atoms with van der Waals surface area (Å²) in [5.74, 6) is 0. The van der Waals surface area contributed by atoms with Crippen LogP contribution in [-0.4, -0.2) is 31.5 Å². The summed E-state index contributed by atoms with van der Waals surface area (Å²) in [7, 11) is -3.28. The standard InChI is InChI=1S/C19H22N2O4S/c1-13-7-12-17(20-19(13)22)18(21-25-15-5-3-4-6-15)14-8-10-16(11-9-14)26(2,23)24/h7-12,15H,3-6H2,1-2H3,(H,20,22). The van der Waals surface area contributed by atoms with Gasteiger partial charge >= 0.3 is 0 Å². The highest BCUT2D eigenvalue weighted by atomic mass is 32.2. The lowest BCUT2D eigenvalue weighted by atomic mass is 10.1. The zero-order valence-electron chi connectivity index (χ0n) is 14.9. The molecular formula is C19H22N2O4S. The van der Waals surface area contributed by atoms with E-state index in [9.17, 15) is 13.2 Å². The van der Waals surface area contributed by atoms with Crippen molar-refractivity contribution in [2.45, 2.75) is 43.6 Å². The van der Waals surface area contributed by atoms with Crippen molar-refractivity contribution in [2.24, 2.45) is 5.16 Å². The highest BCUT2D eigenvalue weighted by molar-refractivity contribution is 7.90. The van der Waals surface area contributed by atoms with Gasteiger partial charge in [-0.25, -0.2) is 8.42 Å². The van der Waals surface area contributed by atoms with Crippen LogP contribution in [0.25, 0.3) is 0 Å². The number of H-pyrrole nitrogens is 1. The van der Waals surface area contributed by atoms with Crippen molar-refractivity contribution < 1.29 is 13.3 Å². The second-order valence-electron chi connectivity index (χ2n) is 6.63. The van der Waals surface area contributed by atoms with Crippen LogP contribution in [0.5, 0.6) is 0 Å². The Kier molecular flexibility index (Phi) is 5.27. The van der Waals surface area contributed by atoms with Crippen LogP contribution in [0.3, 0.4) is 0 Å². The predicted octanol–water partition coefficient (Wildman–Crippen LogP) is 2.80. The number of sulfone groups is 1. The molecule has 0 aliphatic heterocycles. The van der Waals surface area contributed by atoms with Crippen molar-refractivity contribution in [3.63, 3.8) is 0 Å². The molecule has 0 spiro atoms. The van der Waals surface area contributed by atoms with Gasteiger partial charge in [0.25, 0.3) is 5.56 Å². The highest BCUT2D eigenvalue weighted by Crippen LogP contribution is 2.22. The van der Waals surface area contributed by atoms with Crippen LogP contribution < -0.4 is 5.56 Å². The Morgan fingerprint density at radius 1 is 1.12 bits per heavy atom. The summed E-state index contributed by atoms with van der Waals surface area (Å²) in [5, 5.41) is 4.31. The molecule has 138 valence electrons. The van der Waals surface area contributed by atoms with Crippen LogP contribution in [0, 0.1) is 6.92 Å². The van der Waals surface area contributed by atoms with Gasteiger partial charge in [0.2, 0.25) is 0 Å². The molecule has 1 aromatic heterocycles. The molecule has 0 radical (unpaired) electrons. The maximum atomic E-state index is 12.0. The first-order valence-electron chi connectivity index (χ1n) is 8.59. The van der Waals surface area contributed by atoms with Gasteiger partial charge in [-0.05, 0) is 50.8 Å². The number of aryl methyl sites for hydroxylation is 1. The molecule has 6 nitrogen and oxygen atoms in total. The number of aromatic nitrogens is 1. The molecule has 1 heterocycles. The number of hydrogen-bond donors (Lipinski definition) is 1. The van der Waals surface area contributed by atoms with E-state index in [1.807, 2.05) is 0 Å². The lowest BCUT2D eigenvalue weighted by Gasteiger charge is -2.11. The molecule has 0 saturated heterocycles. The summed E-state index contributed by atoms with van der Waals surface area (Å²) in [4.78, 5) is 20.7. The molecule has 1 aromatic carbocycles. The van der Waals surface area contributed by atoms with E-state index < -0.39 is 9.84 Å². The van der Waals surface area contributed by atoms with E-state index in [1.54, 1.807) is 31.2 Å². The summed E-state index contributed by atoms with van der Waals surface area (Å²) in [5.41, 5.74) is 2.11. The Hall–Kier alpha value is -2.41. The number of aromatic amines is 1. The molecule has 7 heteroatoms. The number of oxime groups is 1. The number of nitrogens with zero attached hydrogens (tertiary/aromatic N) is 1. The average Bonchev–Trinajstić information content (AvgIpc) is 3.11. The van der Waals surface area contributed by atoms with Crippen LogP contribution >= 0.6 is 0 Å². The quantitative estimate of drug-likeness (QED) is 0.644. The number of hydrogen-bond acceptors (Lipinski definition) is 5. The van der Waals surface area contributed by atoms with Gasteiger partial charge in [-0.2, -0.15) is 0 Å². The van der Waals surface area contributed by atoms with E-state index in [0.717, 1.165) is 31.9 Å². The molecule has 1 fully saturated rings. The van der Waals surface area contributed by atoms with Crippen molar-refractivity contribution in [3.05, 3.63) is 63.6 Å². The SMILES string of the molecule is Cc1ccc(C(=NOC2CCCC2)c2ccc(S(C)(=O)=O)cc2)[nH]c1=O. The van der Waals surface area contributed by atoms with Gasteiger partial charge in [0.15, 0.2) is 9.84 Å². The minimum Gasteiger partial charge on any atom is -0.392 e. The fourth-order valence-electron chi connectivity index (χ4n) is 2.92. The van der Waals surface area contributed by atoms with Crippen LogP contribution in [0.2, 0.25) is 0 Å². The summed E-state index contributed by atoms with van der Waals surface area (Å²) in [6.45, 7) is 1.73. The summed E-state index contributed by atoms with van der Waals surface area (Å²) in [6.07, 6.45) is 5.43. The van der Waals surface area contributed by atoms with Crippen LogP contribution in [-0.2, 0) is 14.7 Å². The fraction of sp³-hybridized carbons (Fsp3) is 0.368. The van der Waals surface area contributed by atoms with Crippen molar-refractivity contribution in [1.29, 1.82) is 0 Å². The molecule has 1 N–H and O–H groups in total. The zero-order valence-corrected chi connectivity index (χ0v) is 15.7. The van der Waals surface area contributed by atoms with E-state index in [1.165, 1.54) is 12.1 Å². The second-order valence-corrected chi connectivity index (χ2v) is 8.65. The molecule has 0 amide bonds. The van der Waals surface area contributed by atoms with Gasteiger partial charge in [0.05, 0.1) is 10.6 Å². The largest absolute Gasteiger partial charge is 0.392 e. The highest BCUT2D eigenvalue weighted by Gasteiger charge is 2.18. The first-order valence-corrected chi connectivity index (χ1v) is 10.5. The Morgan fingerprint density at radius 3 is 2.35 bits per heavy atom. The molecule has 26 heavy (non-hydrogen) atoms. The maximum Gasteiger partial charge on any atom is 0.251 e.